The molecule has 0 aliphatic heterocycles. The van der Waals surface area contributed by atoms with Crippen LogP contribution in [-0.2, 0) is 41.8 Å². The van der Waals surface area contributed by atoms with Crippen LogP contribution < -0.4 is 0 Å². The molecule has 0 radical (unpaired) electrons. The Balaban J connectivity index is 4.76. The van der Waals surface area contributed by atoms with E-state index in [1.165, 1.54) is 19.3 Å². The zero-order chi connectivity index (χ0) is 46.0. The molecule has 0 bridgehead atoms. The maximum absolute atomic E-state index is 12.6. The molecular formula is C46H76O14P2. The van der Waals surface area contributed by atoms with Crippen LogP contribution in [0.1, 0.15) is 136 Å². The lowest BCUT2D eigenvalue weighted by Gasteiger charge is -2.20. The quantitative estimate of drug-likeness (QED) is 0.0127. The topological polar surface area (TPSA) is 216 Å². The number of carbonyl (C=O) groups is 2. The molecule has 62 heavy (non-hydrogen) atoms. The number of allylic oxidation sites excluding steroid dienone is 15. The van der Waals surface area contributed by atoms with E-state index in [1.807, 2.05) is 54.7 Å². The zero-order valence-electron chi connectivity index (χ0n) is 37.0. The number of rotatable bonds is 40. The van der Waals surface area contributed by atoms with E-state index in [9.17, 15) is 33.8 Å². The Kier molecular flexibility index (Phi) is 38.8. The number of hydrogen-bond donors (Lipinski definition) is 5. The number of phosphoric acid groups is 2. The Morgan fingerprint density at radius 2 is 1.00 bits per heavy atom. The number of carbonyl (C=O) groups excluding carboxylic acids is 2. The normalized spacial score (nSPS) is 15.4. The molecule has 0 fully saturated rings. The van der Waals surface area contributed by atoms with Crippen LogP contribution in [0.2, 0.25) is 0 Å². The second-order valence-corrected chi connectivity index (χ2v) is 17.2. The first kappa shape index (κ1) is 59.0. The van der Waals surface area contributed by atoms with Crippen molar-refractivity contribution in [1.29, 1.82) is 0 Å². The molecular weight excluding hydrogens is 838 g/mol. The van der Waals surface area contributed by atoms with Gasteiger partial charge in [0.15, 0.2) is 6.10 Å². The van der Waals surface area contributed by atoms with E-state index >= 15 is 0 Å². The molecule has 354 valence electrons. The smallest absolute Gasteiger partial charge is 0.462 e. The summed E-state index contributed by atoms with van der Waals surface area (Å²) in [4.78, 5) is 52.7. The van der Waals surface area contributed by atoms with Crippen LogP contribution in [0.25, 0.3) is 0 Å². The van der Waals surface area contributed by atoms with Crippen molar-refractivity contribution in [3.05, 3.63) is 97.2 Å². The van der Waals surface area contributed by atoms with Crippen LogP contribution in [0.4, 0.5) is 0 Å². The summed E-state index contributed by atoms with van der Waals surface area (Å²) in [5.41, 5.74) is 0. The van der Waals surface area contributed by atoms with E-state index in [0.29, 0.717) is 25.7 Å². The monoisotopic (exact) mass is 914 g/mol. The first-order valence-corrected chi connectivity index (χ1v) is 25.1. The van der Waals surface area contributed by atoms with Crippen molar-refractivity contribution in [2.45, 2.75) is 154 Å². The van der Waals surface area contributed by atoms with Crippen LogP contribution in [-0.4, -0.2) is 81.6 Å². The lowest BCUT2D eigenvalue weighted by Crippen LogP contribution is -2.29. The highest BCUT2D eigenvalue weighted by atomic mass is 31.2. The lowest BCUT2D eigenvalue weighted by molar-refractivity contribution is -0.161. The van der Waals surface area contributed by atoms with Gasteiger partial charge < -0.3 is 34.4 Å². The standard InChI is InChI=1S/C46H76O14P2/c1-3-5-7-8-9-10-11-12-13-14-15-16-19-23-26-29-33-37-46(50)60-44(41-59-62(54,55)58-39-43(48)38-57-61(51,52)53)40-56-45(49)36-32-28-25-22-20-17-18-21-24-27-31-35-42(47)34-30-6-4-2/h9-10,12-13,15-18,22-27,31,35,42-44,47-48H,3-8,11,14,19-21,28-30,32-34,36-41H2,1-2H3,(H,54,55)(H2,51,52,53)/b10-9-,13-12-,16-15-,18-17-,25-22-,26-23-,27-24-,35-31+/t42-,43+,44-/m1/s1. The first-order chi connectivity index (χ1) is 29.8. The molecule has 4 atom stereocenters. The molecule has 5 N–H and O–H groups in total. The summed E-state index contributed by atoms with van der Waals surface area (Å²) < 4.78 is 47.6. The Morgan fingerprint density at radius 1 is 0.532 bits per heavy atom. The fourth-order valence-electron chi connectivity index (χ4n) is 5.15. The van der Waals surface area contributed by atoms with Gasteiger partial charge in [-0.05, 0) is 77.0 Å². The van der Waals surface area contributed by atoms with Crippen molar-refractivity contribution in [3.63, 3.8) is 0 Å². The van der Waals surface area contributed by atoms with Gasteiger partial charge in [0.2, 0.25) is 0 Å². The molecule has 0 saturated heterocycles. The summed E-state index contributed by atoms with van der Waals surface area (Å²) in [5, 5.41) is 19.6. The Morgan fingerprint density at radius 3 is 1.55 bits per heavy atom. The van der Waals surface area contributed by atoms with Crippen molar-refractivity contribution in [3.8, 4) is 0 Å². The third-order valence-corrected chi connectivity index (χ3v) is 9.98. The van der Waals surface area contributed by atoms with Crippen molar-refractivity contribution in [2.75, 3.05) is 26.4 Å². The number of aliphatic hydroxyl groups is 2. The van der Waals surface area contributed by atoms with E-state index in [1.54, 1.807) is 6.08 Å². The van der Waals surface area contributed by atoms with Crippen LogP contribution >= 0.6 is 15.6 Å². The fourth-order valence-corrected chi connectivity index (χ4v) is 6.30. The summed E-state index contributed by atoms with van der Waals surface area (Å²) >= 11 is 0. The van der Waals surface area contributed by atoms with E-state index < -0.39 is 72.3 Å². The van der Waals surface area contributed by atoms with Gasteiger partial charge in [0.25, 0.3) is 0 Å². The van der Waals surface area contributed by atoms with Gasteiger partial charge >= 0.3 is 27.6 Å². The van der Waals surface area contributed by atoms with Gasteiger partial charge in [-0.25, -0.2) is 9.13 Å². The molecule has 0 amide bonds. The number of phosphoric ester groups is 2. The molecule has 0 spiro atoms. The van der Waals surface area contributed by atoms with Crippen LogP contribution in [0.15, 0.2) is 97.2 Å². The van der Waals surface area contributed by atoms with Crippen molar-refractivity contribution in [1.82, 2.24) is 0 Å². The SMILES string of the molecule is CCCCC/C=C\C/C=C\C/C=C\C/C=C\CCCC(=O)O[C@H](COC(=O)CCC/C=C\C/C=C\C/C=C\C=C\[C@H](O)CCCCC)COP(=O)(O)OC[C@@H](O)COP(=O)(O)O. The molecule has 0 aliphatic carbocycles. The first-order valence-electron chi connectivity index (χ1n) is 22.0. The van der Waals surface area contributed by atoms with Gasteiger partial charge in [-0.15, -0.1) is 0 Å². The molecule has 0 rings (SSSR count). The average molecular weight is 915 g/mol. The Bertz CT molecular complexity index is 1480. The van der Waals surface area contributed by atoms with Gasteiger partial charge in [-0.1, -0.05) is 143 Å². The van der Waals surface area contributed by atoms with Crippen molar-refractivity contribution < 1.29 is 66.7 Å². The molecule has 0 heterocycles. The zero-order valence-corrected chi connectivity index (χ0v) is 38.8. The van der Waals surface area contributed by atoms with E-state index in [0.717, 1.165) is 64.2 Å². The third kappa shape index (κ3) is 43.6. The maximum Gasteiger partial charge on any atom is 0.472 e. The molecule has 1 unspecified atom stereocenters. The molecule has 14 nitrogen and oxygen atoms in total. The van der Waals surface area contributed by atoms with Gasteiger partial charge in [0, 0.05) is 12.8 Å². The summed E-state index contributed by atoms with van der Waals surface area (Å²) in [6.45, 7) is 1.45. The van der Waals surface area contributed by atoms with Crippen LogP contribution in [0, 0.1) is 0 Å². The average Bonchev–Trinajstić information content (AvgIpc) is 3.23. The minimum Gasteiger partial charge on any atom is -0.462 e. The Labute approximate surface area is 371 Å². The highest BCUT2D eigenvalue weighted by Crippen LogP contribution is 2.43. The van der Waals surface area contributed by atoms with E-state index in [2.05, 4.69) is 59.4 Å². The summed E-state index contributed by atoms with van der Waals surface area (Å²) in [6.07, 6.45) is 44.5. The molecule has 0 saturated carbocycles. The number of esters is 2. The molecule has 0 aromatic heterocycles. The highest BCUT2D eigenvalue weighted by Gasteiger charge is 2.28. The molecule has 0 aromatic rings. The summed E-state index contributed by atoms with van der Waals surface area (Å²) in [7, 11) is -9.73. The molecule has 16 heteroatoms. The summed E-state index contributed by atoms with van der Waals surface area (Å²) in [6, 6.07) is 0. The Hall–Kier alpha value is -3.00. The minimum absolute atomic E-state index is 0.0291. The highest BCUT2D eigenvalue weighted by molar-refractivity contribution is 7.47. The lowest BCUT2D eigenvalue weighted by atomic mass is 10.1. The second-order valence-electron chi connectivity index (χ2n) is 14.5. The van der Waals surface area contributed by atoms with Gasteiger partial charge in [-0.3, -0.25) is 23.2 Å². The van der Waals surface area contributed by atoms with Gasteiger partial charge in [0.05, 0.1) is 25.9 Å². The second kappa shape index (κ2) is 40.8. The van der Waals surface area contributed by atoms with E-state index in [-0.39, 0.29) is 12.8 Å². The molecule has 0 aromatic carbocycles. The maximum atomic E-state index is 12.6. The van der Waals surface area contributed by atoms with Gasteiger partial charge in [-0.2, -0.15) is 0 Å². The largest absolute Gasteiger partial charge is 0.472 e. The predicted molar refractivity (Wildman–Crippen MR) is 245 cm³/mol. The van der Waals surface area contributed by atoms with Gasteiger partial charge in [0.1, 0.15) is 12.7 Å². The minimum atomic E-state index is -4.88. The predicted octanol–water partition coefficient (Wildman–Crippen LogP) is 10.3. The number of ether oxygens (including phenoxy) is 2. The van der Waals surface area contributed by atoms with Crippen LogP contribution in [0.5, 0.6) is 0 Å². The van der Waals surface area contributed by atoms with Crippen molar-refractivity contribution >= 4 is 27.6 Å². The summed E-state index contributed by atoms with van der Waals surface area (Å²) in [5.74, 6) is -1.20. The molecule has 0 aliphatic rings. The fraction of sp³-hybridized carbons (Fsp3) is 0.609. The van der Waals surface area contributed by atoms with Crippen LogP contribution in [0.3, 0.4) is 0 Å². The van der Waals surface area contributed by atoms with Crippen molar-refractivity contribution in [2.24, 2.45) is 0 Å². The number of hydrogen-bond acceptors (Lipinski definition) is 11. The number of aliphatic hydroxyl groups excluding tert-OH is 2. The van der Waals surface area contributed by atoms with E-state index in [4.69, 9.17) is 23.8 Å². The number of unbranched alkanes of at least 4 members (excludes halogenated alkanes) is 7. The third-order valence-electron chi connectivity index (χ3n) is 8.54.